The number of anilines is 2. The molecule has 0 spiro atoms. The number of pyridine rings is 1. The fourth-order valence-corrected chi connectivity index (χ4v) is 3.07. The number of aromatic nitrogens is 2. The van der Waals surface area contributed by atoms with E-state index in [-0.39, 0.29) is 6.04 Å². The summed E-state index contributed by atoms with van der Waals surface area (Å²) in [5, 5.41) is 4.40. The summed E-state index contributed by atoms with van der Waals surface area (Å²) >= 11 is 5.04. The van der Waals surface area contributed by atoms with Crippen LogP contribution in [0.15, 0.2) is 16.7 Å². The topological polar surface area (TPSA) is 63.8 Å². The Balaban J connectivity index is 2.21. The fourth-order valence-electron chi connectivity index (χ4n) is 1.79. The summed E-state index contributed by atoms with van der Waals surface area (Å²) < 4.78 is 0.878. The summed E-state index contributed by atoms with van der Waals surface area (Å²) in [6.45, 7) is 6.12. The highest BCUT2D eigenvalue weighted by atomic mass is 79.9. The molecule has 1 atom stereocenters. The highest BCUT2D eigenvalue weighted by molar-refractivity contribution is 9.10. The molecular weight excluding hydrogens is 312 g/mol. The Hall–Kier alpha value is -1.14. The van der Waals surface area contributed by atoms with Gasteiger partial charge in [0.05, 0.1) is 22.4 Å². The third-order valence-electron chi connectivity index (χ3n) is 2.57. The molecular formula is C12H15BrN4S. The Bertz CT molecular complexity index is 567. The zero-order valence-electron chi connectivity index (χ0n) is 10.5. The van der Waals surface area contributed by atoms with E-state index < -0.39 is 0 Å². The SMILES string of the molecule is Cc1nc(C)c(C(C)Nc2ncc(Br)cc2N)s1. The molecule has 0 bridgehead atoms. The van der Waals surface area contributed by atoms with Gasteiger partial charge < -0.3 is 11.1 Å². The minimum absolute atomic E-state index is 0.146. The molecule has 2 aromatic heterocycles. The van der Waals surface area contributed by atoms with Crippen molar-refractivity contribution in [1.29, 1.82) is 0 Å². The van der Waals surface area contributed by atoms with Gasteiger partial charge in [-0.25, -0.2) is 9.97 Å². The van der Waals surface area contributed by atoms with E-state index in [4.69, 9.17) is 5.73 Å². The van der Waals surface area contributed by atoms with Crippen LogP contribution in [-0.2, 0) is 0 Å². The molecule has 2 heterocycles. The Kier molecular flexibility index (Phi) is 3.87. The second-order valence-electron chi connectivity index (χ2n) is 4.14. The summed E-state index contributed by atoms with van der Waals surface area (Å²) in [5.41, 5.74) is 7.62. The second-order valence-corrected chi connectivity index (χ2v) is 6.29. The third-order valence-corrected chi connectivity index (χ3v) is 4.26. The number of hydrogen-bond donors (Lipinski definition) is 2. The van der Waals surface area contributed by atoms with Crippen LogP contribution in [0.1, 0.15) is 28.5 Å². The summed E-state index contributed by atoms with van der Waals surface area (Å²) in [5.74, 6) is 0.705. The first-order valence-corrected chi connectivity index (χ1v) is 7.20. The lowest BCUT2D eigenvalue weighted by atomic mass is 10.2. The van der Waals surface area contributed by atoms with Crippen LogP contribution in [0.4, 0.5) is 11.5 Å². The van der Waals surface area contributed by atoms with Crippen molar-refractivity contribution in [2.45, 2.75) is 26.8 Å². The zero-order chi connectivity index (χ0) is 13.3. The third kappa shape index (κ3) is 2.81. The highest BCUT2D eigenvalue weighted by Crippen LogP contribution is 2.29. The average molecular weight is 327 g/mol. The Morgan fingerprint density at radius 2 is 2.17 bits per heavy atom. The van der Waals surface area contributed by atoms with Gasteiger partial charge in [0.1, 0.15) is 5.82 Å². The maximum atomic E-state index is 5.92. The largest absolute Gasteiger partial charge is 0.396 e. The first kappa shape index (κ1) is 13.3. The molecule has 18 heavy (non-hydrogen) atoms. The van der Waals surface area contributed by atoms with Gasteiger partial charge in [0.15, 0.2) is 0 Å². The number of nitrogens with one attached hydrogen (secondary N) is 1. The molecule has 0 aliphatic carbocycles. The number of nitrogens with zero attached hydrogens (tertiary/aromatic N) is 2. The summed E-state index contributed by atoms with van der Waals surface area (Å²) in [6, 6.07) is 1.99. The van der Waals surface area contributed by atoms with Crippen molar-refractivity contribution in [2.75, 3.05) is 11.1 Å². The molecule has 0 radical (unpaired) electrons. The molecule has 0 aliphatic heterocycles. The quantitative estimate of drug-likeness (QED) is 0.903. The first-order valence-electron chi connectivity index (χ1n) is 5.59. The average Bonchev–Trinajstić information content (AvgIpc) is 2.62. The van der Waals surface area contributed by atoms with Crippen LogP contribution < -0.4 is 11.1 Å². The van der Waals surface area contributed by atoms with Gasteiger partial charge in [-0.2, -0.15) is 0 Å². The van der Waals surface area contributed by atoms with E-state index in [1.54, 1.807) is 17.5 Å². The molecule has 1 unspecified atom stereocenters. The van der Waals surface area contributed by atoms with Crippen LogP contribution in [0.3, 0.4) is 0 Å². The molecule has 0 saturated carbocycles. The van der Waals surface area contributed by atoms with Gasteiger partial charge in [-0.05, 0) is 42.8 Å². The van der Waals surface area contributed by atoms with E-state index in [1.165, 1.54) is 4.88 Å². The van der Waals surface area contributed by atoms with E-state index in [9.17, 15) is 0 Å². The molecule has 2 aromatic rings. The van der Waals surface area contributed by atoms with Crippen molar-refractivity contribution >= 4 is 38.8 Å². The zero-order valence-corrected chi connectivity index (χ0v) is 12.9. The van der Waals surface area contributed by atoms with E-state index >= 15 is 0 Å². The molecule has 0 fully saturated rings. The molecule has 3 N–H and O–H groups in total. The van der Waals surface area contributed by atoms with Crippen molar-refractivity contribution in [3.05, 3.63) is 32.3 Å². The van der Waals surface area contributed by atoms with Gasteiger partial charge in [-0.15, -0.1) is 11.3 Å². The van der Waals surface area contributed by atoms with Crippen LogP contribution in [-0.4, -0.2) is 9.97 Å². The molecule has 6 heteroatoms. The maximum Gasteiger partial charge on any atom is 0.149 e. The lowest BCUT2D eigenvalue weighted by Gasteiger charge is -2.15. The summed E-state index contributed by atoms with van der Waals surface area (Å²) in [4.78, 5) is 9.93. The van der Waals surface area contributed by atoms with Gasteiger partial charge in [0.25, 0.3) is 0 Å². The smallest absolute Gasteiger partial charge is 0.149 e. The predicted octanol–water partition coefficient (Wildman–Crippen LogP) is 3.67. The van der Waals surface area contributed by atoms with Gasteiger partial charge in [0, 0.05) is 15.5 Å². The lowest BCUT2D eigenvalue weighted by Crippen LogP contribution is -2.09. The van der Waals surface area contributed by atoms with Gasteiger partial charge >= 0.3 is 0 Å². The minimum atomic E-state index is 0.146. The molecule has 0 aliphatic rings. The summed E-state index contributed by atoms with van der Waals surface area (Å²) in [6.07, 6.45) is 1.73. The van der Waals surface area contributed by atoms with E-state index in [1.807, 2.05) is 19.9 Å². The van der Waals surface area contributed by atoms with E-state index in [0.717, 1.165) is 15.2 Å². The molecule has 4 nitrogen and oxygen atoms in total. The number of hydrogen-bond acceptors (Lipinski definition) is 5. The first-order chi connectivity index (χ1) is 8.47. The van der Waals surface area contributed by atoms with E-state index in [2.05, 4.69) is 38.1 Å². The number of aryl methyl sites for hydroxylation is 2. The fraction of sp³-hybridized carbons (Fsp3) is 0.333. The second kappa shape index (κ2) is 5.24. The van der Waals surface area contributed by atoms with Crippen LogP contribution >= 0.6 is 27.3 Å². The van der Waals surface area contributed by atoms with Crippen molar-refractivity contribution in [1.82, 2.24) is 9.97 Å². The molecule has 0 aromatic carbocycles. The van der Waals surface area contributed by atoms with Crippen molar-refractivity contribution < 1.29 is 0 Å². The number of rotatable bonds is 3. The Morgan fingerprint density at radius 3 is 2.72 bits per heavy atom. The lowest BCUT2D eigenvalue weighted by molar-refractivity contribution is 0.880. The van der Waals surface area contributed by atoms with Gasteiger partial charge in [-0.1, -0.05) is 0 Å². The predicted molar refractivity (Wildman–Crippen MR) is 80.0 cm³/mol. The molecule has 0 saturated heterocycles. The van der Waals surface area contributed by atoms with Crippen LogP contribution in [0, 0.1) is 13.8 Å². The van der Waals surface area contributed by atoms with E-state index in [0.29, 0.717) is 11.5 Å². The number of halogens is 1. The normalized spacial score (nSPS) is 12.4. The van der Waals surface area contributed by atoms with Crippen LogP contribution in [0.2, 0.25) is 0 Å². The minimum Gasteiger partial charge on any atom is -0.396 e. The number of thiazole rings is 1. The Labute approximate surface area is 119 Å². The monoisotopic (exact) mass is 326 g/mol. The van der Waals surface area contributed by atoms with Crippen LogP contribution in [0.25, 0.3) is 0 Å². The number of nitrogens with two attached hydrogens (primary N) is 1. The summed E-state index contributed by atoms with van der Waals surface area (Å²) in [7, 11) is 0. The molecule has 96 valence electrons. The van der Waals surface area contributed by atoms with Gasteiger partial charge in [0.2, 0.25) is 0 Å². The highest BCUT2D eigenvalue weighted by Gasteiger charge is 2.14. The van der Waals surface area contributed by atoms with Gasteiger partial charge in [-0.3, -0.25) is 0 Å². The molecule has 0 amide bonds. The van der Waals surface area contributed by atoms with Crippen LogP contribution in [0.5, 0.6) is 0 Å². The van der Waals surface area contributed by atoms with Crippen molar-refractivity contribution in [2.24, 2.45) is 0 Å². The van der Waals surface area contributed by atoms with Crippen molar-refractivity contribution in [3.63, 3.8) is 0 Å². The Morgan fingerprint density at radius 1 is 1.44 bits per heavy atom. The van der Waals surface area contributed by atoms with Crippen molar-refractivity contribution in [3.8, 4) is 0 Å². The standard InChI is InChI=1S/C12H15BrN4S/c1-6-11(18-8(3)16-6)7(2)17-12-10(14)4-9(13)5-15-12/h4-5,7H,14H2,1-3H3,(H,15,17). The maximum absolute atomic E-state index is 5.92. The number of nitrogen functional groups attached to an aromatic ring is 1. The molecule has 2 rings (SSSR count).